The van der Waals surface area contributed by atoms with Crippen molar-refractivity contribution in [3.63, 3.8) is 0 Å². The molecule has 8 bridgehead atoms. The molecule has 8 N–H and O–H groups in total. The van der Waals surface area contributed by atoms with Crippen molar-refractivity contribution in [1.29, 1.82) is 0 Å². The van der Waals surface area contributed by atoms with Gasteiger partial charge in [-0.1, -0.05) is 51.4 Å². The van der Waals surface area contributed by atoms with Gasteiger partial charge in [0.15, 0.2) is 0 Å². The van der Waals surface area contributed by atoms with Gasteiger partial charge in [0.05, 0.1) is 43.2 Å². The van der Waals surface area contributed by atoms with Gasteiger partial charge in [0.25, 0.3) is 0 Å². The second-order valence-electron chi connectivity index (χ2n) is 16.1. The molecule has 5 aliphatic heterocycles. The van der Waals surface area contributed by atoms with Crippen LogP contribution >= 0.6 is 11.3 Å². The number of fused-ring (bicyclic) bond motifs is 20. The zero-order valence-corrected chi connectivity index (χ0v) is 31.6. The van der Waals surface area contributed by atoms with Crippen LogP contribution in [0.15, 0.2) is 17.5 Å². The number of thiophene rings is 1. The third kappa shape index (κ3) is 6.37. The molecular weight excluding hydrogens is 642 g/mol. The van der Waals surface area contributed by atoms with Crippen molar-refractivity contribution in [2.75, 3.05) is 0 Å². The Morgan fingerprint density at radius 2 is 0.804 bits per heavy atom. The van der Waals surface area contributed by atoms with Crippen molar-refractivity contribution in [3.05, 3.63) is 29.3 Å². The van der Waals surface area contributed by atoms with E-state index in [1.54, 1.807) is 11.3 Å². The Bertz CT molecular complexity index is 887. The van der Waals surface area contributed by atoms with Crippen LogP contribution in [0.1, 0.15) is 96.3 Å². The fraction of sp³-hybridized carbons (Fsp3) is 0.861. The second kappa shape index (κ2) is 14.7. The standard InChI is InChI=1S/C32H55N8.C4H3S.Zn/c1-2-10-18-17(9-1)25-33-26(18)38-28-21-13-5-6-14-22(21)30(35-28)40-32-24-16-8-7-15-23(24)31(36-32)39-29-20-12-4-3-11-19(20)27(34-29)37-25;1-2-4-5-3-1;/h9,17-40H,1-8,10-16H2;1-3H;/q2*-1;+2. The first kappa shape index (κ1) is 33.2. The Kier molecular flexibility index (Phi) is 10.6. The average molecular weight is 700 g/mol. The minimum Gasteiger partial charge on any atom is -0.322 e. The number of hydrogen-bond donors (Lipinski definition) is 8. The van der Waals surface area contributed by atoms with Crippen LogP contribution < -0.4 is 42.5 Å². The van der Waals surface area contributed by atoms with Gasteiger partial charge in [-0.3, -0.25) is 42.5 Å². The molecule has 10 heteroatoms. The number of hydrogen-bond acceptors (Lipinski definition) is 9. The maximum absolute atomic E-state index is 4.25. The topological polar surface area (TPSA) is 96.2 Å². The van der Waals surface area contributed by atoms with Gasteiger partial charge in [-0.05, 0) is 80.0 Å². The summed E-state index contributed by atoms with van der Waals surface area (Å²) >= 11 is 1.59. The molecule has 9 aliphatic rings. The molecule has 1 aromatic heterocycles. The molecule has 250 valence electrons. The summed E-state index contributed by atoms with van der Waals surface area (Å²) in [7, 11) is 0. The zero-order valence-electron chi connectivity index (χ0n) is 27.8. The van der Waals surface area contributed by atoms with Crippen molar-refractivity contribution >= 4 is 11.3 Å². The van der Waals surface area contributed by atoms with Crippen molar-refractivity contribution in [3.8, 4) is 0 Å². The van der Waals surface area contributed by atoms with Crippen LogP contribution in [0.3, 0.4) is 0 Å². The molecule has 16 unspecified atom stereocenters. The van der Waals surface area contributed by atoms with Gasteiger partial charge in [-0.15, -0.1) is 11.3 Å². The van der Waals surface area contributed by atoms with Gasteiger partial charge >= 0.3 is 19.5 Å². The normalized spacial score (nSPS) is 51.0. The predicted octanol–water partition coefficient (Wildman–Crippen LogP) is 3.97. The van der Waals surface area contributed by atoms with Crippen LogP contribution in [0.5, 0.6) is 0 Å². The van der Waals surface area contributed by atoms with E-state index in [1.807, 2.05) is 17.5 Å². The van der Waals surface area contributed by atoms with Crippen LogP contribution in [-0.4, -0.2) is 49.3 Å². The van der Waals surface area contributed by atoms with Gasteiger partial charge in [-0.25, -0.2) is 6.07 Å². The van der Waals surface area contributed by atoms with Crippen molar-refractivity contribution in [2.45, 2.75) is 146 Å². The molecule has 0 amide bonds. The molecule has 8 nitrogen and oxygen atoms in total. The van der Waals surface area contributed by atoms with Crippen molar-refractivity contribution < 1.29 is 19.5 Å². The van der Waals surface area contributed by atoms with Crippen molar-refractivity contribution in [1.82, 2.24) is 42.5 Å². The minimum absolute atomic E-state index is 0. The molecule has 16 atom stereocenters. The number of rotatable bonds is 0. The summed E-state index contributed by atoms with van der Waals surface area (Å²) < 4.78 is 0. The summed E-state index contributed by atoms with van der Waals surface area (Å²) in [5.74, 6) is 5.74. The summed E-state index contributed by atoms with van der Waals surface area (Å²) in [6.45, 7) is 0. The first-order chi connectivity index (χ1) is 22.3. The molecule has 0 radical (unpaired) electrons. The number of nitrogens with one attached hydrogen (secondary N) is 8. The van der Waals surface area contributed by atoms with Crippen LogP contribution in [0.2, 0.25) is 0 Å². The first-order valence-corrected chi connectivity index (χ1v) is 20.0. The Morgan fingerprint density at radius 3 is 1.13 bits per heavy atom. The fourth-order valence-electron chi connectivity index (χ4n) is 11.9. The smallest absolute Gasteiger partial charge is 0.322 e. The third-order valence-electron chi connectivity index (χ3n) is 13.9. The van der Waals surface area contributed by atoms with Crippen LogP contribution in [0, 0.1) is 59.1 Å². The van der Waals surface area contributed by atoms with E-state index in [-0.39, 0.29) is 19.5 Å². The van der Waals surface area contributed by atoms with Gasteiger partial charge in [0.2, 0.25) is 0 Å². The Balaban J connectivity index is 0.000000478. The summed E-state index contributed by atoms with van der Waals surface area (Å²) in [5.41, 5.74) is 0. The van der Waals surface area contributed by atoms with E-state index >= 15 is 0 Å². The third-order valence-corrected chi connectivity index (χ3v) is 14.5. The monoisotopic (exact) mass is 698 g/mol. The maximum atomic E-state index is 4.25. The quantitative estimate of drug-likeness (QED) is 0.153. The van der Waals surface area contributed by atoms with Gasteiger partial charge < -0.3 is 17.8 Å². The van der Waals surface area contributed by atoms with E-state index in [4.69, 9.17) is 0 Å². The van der Waals surface area contributed by atoms with Crippen LogP contribution in [0.25, 0.3) is 0 Å². The van der Waals surface area contributed by atoms with E-state index in [1.165, 1.54) is 96.3 Å². The second-order valence-corrected chi connectivity index (χ2v) is 16.9. The molecule has 5 saturated heterocycles. The molecular formula is C36H58N8SZn. The summed E-state index contributed by atoms with van der Waals surface area (Å²) in [6.07, 6.45) is 26.4. The summed E-state index contributed by atoms with van der Waals surface area (Å²) in [4.78, 5) is 0. The molecule has 9 fully saturated rings. The average Bonchev–Trinajstić information content (AvgIpc) is 3.93. The van der Waals surface area contributed by atoms with Crippen molar-refractivity contribution in [2.24, 2.45) is 47.3 Å². The minimum atomic E-state index is 0. The molecule has 46 heavy (non-hydrogen) atoms. The zero-order chi connectivity index (χ0) is 29.7. The van der Waals surface area contributed by atoms with E-state index < -0.39 is 0 Å². The SMILES string of the molecule is [CH-]1CCCC2C3NC(NC4NC(NC5NC(NC6NC(N3)C3CCCCC63)C3CCCCC53)C3CCCCC43)C12.[Zn+2].[c-]1cccs1. The van der Waals surface area contributed by atoms with E-state index in [2.05, 4.69) is 54.3 Å². The molecule has 1 aromatic rings. The van der Waals surface area contributed by atoms with Gasteiger partial charge in [-0.2, -0.15) is 17.9 Å². The predicted molar refractivity (Wildman–Crippen MR) is 180 cm³/mol. The molecule has 0 aromatic carbocycles. The molecule has 0 spiro atoms. The van der Waals surface area contributed by atoms with Crippen LogP contribution in [-0.2, 0) is 19.5 Å². The Labute approximate surface area is 294 Å². The van der Waals surface area contributed by atoms with Crippen LogP contribution in [0.4, 0.5) is 0 Å². The summed E-state index contributed by atoms with van der Waals surface area (Å²) in [6, 6.07) is 3.86. The Hall–Kier alpha value is 0.00338. The largest absolute Gasteiger partial charge is 2.00 e. The van der Waals surface area contributed by atoms with E-state index in [0.717, 1.165) is 35.5 Å². The molecule has 10 rings (SSSR count). The molecule has 4 saturated carbocycles. The summed E-state index contributed by atoms with van der Waals surface area (Å²) in [5, 5.41) is 38.6. The van der Waals surface area contributed by atoms with E-state index in [9.17, 15) is 0 Å². The fourth-order valence-corrected chi connectivity index (χ4v) is 12.3. The molecule has 4 aliphatic carbocycles. The van der Waals surface area contributed by atoms with E-state index in [0.29, 0.717) is 61.2 Å². The van der Waals surface area contributed by atoms with Gasteiger partial charge in [0.1, 0.15) is 0 Å². The van der Waals surface area contributed by atoms with Gasteiger partial charge in [0, 0.05) is 6.17 Å². The first-order valence-electron chi connectivity index (χ1n) is 19.1. The maximum Gasteiger partial charge on any atom is 2.00 e. The Morgan fingerprint density at radius 1 is 0.457 bits per heavy atom. The molecule has 6 heterocycles.